The van der Waals surface area contributed by atoms with E-state index in [0.29, 0.717) is 31.3 Å². The van der Waals surface area contributed by atoms with Gasteiger partial charge in [0, 0.05) is 6.08 Å². The standard InChI is InChI=1S/C36H44O9/c1-3-5-6-7-9-12-26-13-15-27(16-14-26)36(41)45-32-22-21-30(25-31(32)34(38)39)44-35(40)28-17-19-29(20-18-28)42-23-10-8-11-24-43-33(37)4-2/h4,13,15,17-22,25-27H,2-3,5-12,14,16,23-24H2,1H3,(H,38,39). The maximum absolute atomic E-state index is 12.8. The Balaban J connectivity index is 1.47. The molecule has 3 rings (SSSR count). The molecule has 1 aliphatic carbocycles. The minimum Gasteiger partial charge on any atom is -0.494 e. The van der Waals surface area contributed by atoms with Gasteiger partial charge in [0.15, 0.2) is 0 Å². The van der Waals surface area contributed by atoms with Crippen molar-refractivity contribution in [3.8, 4) is 17.2 Å². The van der Waals surface area contributed by atoms with Gasteiger partial charge in [-0.3, -0.25) is 4.79 Å². The van der Waals surface area contributed by atoms with Crippen molar-refractivity contribution in [2.45, 2.75) is 77.6 Å². The summed E-state index contributed by atoms with van der Waals surface area (Å²) < 4.78 is 21.5. The number of carbonyl (C=O) groups is 4. The number of benzene rings is 2. The number of ether oxygens (including phenoxy) is 4. The number of hydrogen-bond donors (Lipinski definition) is 1. The molecule has 0 aliphatic heterocycles. The largest absolute Gasteiger partial charge is 0.494 e. The van der Waals surface area contributed by atoms with Crippen molar-refractivity contribution in [3.05, 3.63) is 78.4 Å². The highest BCUT2D eigenvalue weighted by Crippen LogP contribution is 2.30. The summed E-state index contributed by atoms with van der Waals surface area (Å²) in [5.74, 6) is -2.41. The van der Waals surface area contributed by atoms with Crippen LogP contribution in [0.1, 0.15) is 98.3 Å². The van der Waals surface area contributed by atoms with Crippen LogP contribution >= 0.6 is 0 Å². The van der Waals surface area contributed by atoms with Crippen LogP contribution in [0.3, 0.4) is 0 Å². The highest BCUT2D eigenvalue weighted by molar-refractivity contribution is 5.94. The summed E-state index contributed by atoms with van der Waals surface area (Å²) in [6, 6.07) is 10.3. The Kier molecular flexibility index (Phi) is 14.9. The molecule has 2 aromatic carbocycles. The third-order valence-electron chi connectivity index (χ3n) is 7.61. The Labute approximate surface area is 265 Å². The number of carboxylic acids is 1. The molecule has 0 heterocycles. The molecular weight excluding hydrogens is 576 g/mol. The molecule has 9 heteroatoms. The number of hydrogen-bond acceptors (Lipinski definition) is 8. The third kappa shape index (κ3) is 12.3. The SMILES string of the molecule is C=CC(=O)OCCCCCOc1ccc(C(=O)Oc2ccc(OC(=O)C3C=CC(CCCCCCC)CC3)c(C(=O)O)c2)cc1. The van der Waals surface area contributed by atoms with E-state index in [2.05, 4.69) is 19.6 Å². The van der Waals surface area contributed by atoms with Gasteiger partial charge in [-0.1, -0.05) is 57.8 Å². The van der Waals surface area contributed by atoms with E-state index in [0.717, 1.165) is 38.2 Å². The molecule has 9 nitrogen and oxygen atoms in total. The van der Waals surface area contributed by atoms with E-state index in [1.165, 1.54) is 50.3 Å². The second-order valence-corrected chi connectivity index (χ2v) is 11.1. The molecular formula is C36H44O9. The molecule has 0 amide bonds. The average Bonchev–Trinajstić information content (AvgIpc) is 3.05. The van der Waals surface area contributed by atoms with Gasteiger partial charge < -0.3 is 24.1 Å². The van der Waals surface area contributed by atoms with Gasteiger partial charge in [0.05, 0.1) is 24.7 Å². The van der Waals surface area contributed by atoms with E-state index in [-0.39, 0.29) is 22.6 Å². The molecule has 1 aliphatic rings. The molecule has 2 atom stereocenters. The summed E-state index contributed by atoms with van der Waals surface area (Å²) in [7, 11) is 0. The number of esters is 3. The van der Waals surface area contributed by atoms with E-state index in [1.54, 1.807) is 24.3 Å². The average molecular weight is 621 g/mol. The van der Waals surface area contributed by atoms with Crippen molar-refractivity contribution in [3.63, 3.8) is 0 Å². The number of aromatic carboxylic acids is 1. The van der Waals surface area contributed by atoms with Crippen LogP contribution in [-0.2, 0) is 14.3 Å². The van der Waals surface area contributed by atoms with Crippen LogP contribution in [0.15, 0.2) is 67.3 Å². The van der Waals surface area contributed by atoms with Crippen molar-refractivity contribution >= 4 is 23.9 Å². The number of carbonyl (C=O) groups excluding carboxylic acids is 3. The Morgan fingerprint density at radius 2 is 1.56 bits per heavy atom. The molecule has 242 valence electrons. The first-order valence-corrected chi connectivity index (χ1v) is 15.8. The molecule has 0 aromatic heterocycles. The Morgan fingerprint density at radius 3 is 2.24 bits per heavy atom. The smallest absolute Gasteiger partial charge is 0.343 e. The lowest BCUT2D eigenvalue weighted by Crippen LogP contribution is -2.23. The second-order valence-electron chi connectivity index (χ2n) is 11.1. The van der Waals surface area contributed by atoms with Crippen LogP contribution in [0.5, 0.6) is 17.2 Å². The van der Waals surface area contributed by atoms with E-state index in [1.807, 2.05) is 6.08 Å². The first-order valence-electron chi connectivity index (χ1n) is 15.8. The van der Waals surface area contributed by atoms with Crippen molar-refractivity contribution in [1.29, 1.82) is 0 Å². The van der Waals surface area contributed by atoms with Gasteiger partial charge in [0.2, 0.25) is 0 Å². The van der Waals surface area contributed by atoms with Crippen LogP contribution in [0, 0.1) is 11.8 Å². The Hall–Kier alpha value is -4.40. The van der Waals surface area contributed by atoms with Gasteiger partial charge >= 0.3 is 23.9 Å². The number of rotatable bonds is 19. The first kappa shape index (κ1) is 35.1. The summed E-state index contributed by atoms with van der Waals surface area (Å²) in [6.07, 6.45) is 16.2. The van der Waals surface area contributed by atoms with Crippen molar-refractivity contribution in [1.82, 2.24) is 0 Å². The van der Waals surface area contributed by atoms with Gasteiger partial charge in [-0.25, -0.2) is 14.4 Å². The molecule has 0 fully saturated rings. The molecule has 1 N–H and O–H groups in total. The van der Waals surface area contributed by atoms with Gasteiger partial charge in [-0.15, -0.1) is 0 Å². The van der Waals surface area contributed by atoms with Crippen LogP contribution in [0.2, 0.25) is 0 Å². The van der Waals surface area contributed by atoms with Crippen molar-refractivity contribution < 1.29 is 43.2 Å². The van der Waals surface area contributed by atoms with Crippen LogP contribution < -0.4 is 14.2 Å². The fourth-order valence-electron chi connectivity index (χ4n) is 4.99. The predicted octanol–water partition coefficient (Wildman–Crippen LogP) is 7.73. The van der Waals surface area contributed by atoms with E-state index < -0.39 is 29.8 Å². The predicted molar refractivity (Wildman–Crippen MR) is 170 cm³/mol. The fraction of sp³-hybridized carbons (Fsp3) is 0.444. The molecule has 0 bridgehead atoms. The van der Waals surface area contributed by atoms with Crippen molar-refractivity contribution in [2.75, 3.05) is 13.2 Å². The quantitative estimate of drug-likeness (QED) is 0.0552. The third-order valence-corrected chi connectivity index (χ3v) is 7.61. The van der Waals surface area contributed by atoms with Crippen molar-refractivity contribution in [2.24, 2.45) is 11.8 Å². The normalized spacial score (nSPS) is 15.6. The zero-order valence-corrected chi connectivity index (χ0v) is 26.0. The topological polar surface area (TPSA) is 125 Å². The minimum absolute atomic E-state index is 0.00985. The molecule has 45 heavy (non-hydrogen) atoms. The molecule has 0 spiro atoms. The number of unbranched alkanes of at least 4 members (excludes halogenated alkanes) is 6. The monoisotopic (exact) mass is 620 g/mol. The van der Waals surface area contributed by atoms with E-state index >= 15 is 0 Å². The lowest BCUT2D eigenvalue weighted by atomic mass is 9.85. The molecule has 0 saturated carbocycles. The highest BCUT2D eigenvalue weighted by Gasteiger charge is 2.25. The first-order chi connectivity index (χ1) is 21.8. The summed E-state index contributed by atoms with van der Waals surface area (Å²) >= 11 is 0. The summed E-state index contributed by atoms with van der Waals surface area (Å²) in [5.41, 5.74) is -0.0249. The molecule has 0 saturated heterocycles. The summed E-state index contributed by atoms with van der Waals surface area (Å²) in [6.45, 7) is 6.34. The Morgan fingerprint density at radius 1 is 0.844 bits per heavy atom. The fourth-order valence-corrected chi connectivity index (χ4v) is 4.99. The molecule has 2 aromatic rings. The minimum atomic E-state index is -1.31. The lowest BCUT2D eigenvalue weighted by Gasteiger charge is -2.22. The lowest BCUT2D eigenvalue weighted by molar-refractivity contribution is -0.138. The summed E-state index contributed by atoms with van der Waals surface area (Å²) in [4.78, 5) is 48.5. The zero-order chi connectivity index (χ0) is 32.4. The van der Waals surface area contributed by atoms with Gasteiger partial charge in [-0.05, 0) is 86.9 Å². The van der Waals surface area contributed by atoms with Gasteiger partial charge in [-0.2, -0.15) is 0 Å². The molecule has 0 radical (unpaired) electrons. The number of carboxylic acid groups (broad SMARTS) is 1. The zero-order valence-electron chi connectivity index (χ0n) is 26.0. The van der Waals surface area contributed by atoms with E-state index in [9.17, 15) is 24.3 Å². The van der Waals surface area contributed by atoms with Gasteiger partial charge in [0.1, 0.15) is 22.8 Å². The maximum Gasteiger partial charge on any atom is 0.343 e. The summed E-state index contributed by atoms with van der Waals surface area (Å²) in [5, 5.41) is 9.75. The maximum atomic E-state index is 12.8. The van der Waals surface area contributed by atoms with Crippen LogP contribution in [-0.4, -0.2) is 42.2 Å². The Bertz CT molecular complexity index is 1310. The van der Waals surface area contributed by atoms with Crippen LogP contribution in [0.25, 0.3) is 0 Å². The number of allylic oxidation sites excluding steroid dienone is 1. The molecule has 2 unspecified atom stereocenters. The van der Waals surface area contributed by atoms with E-state index in [4.69, 9.17) is 18.9 Å². The highest BCUT2D eigenvalue weighted by atomic mass is 16.5. The van der Waals surface area contributed by atoms with Gasteiger partial charge in [0.25, 0.3) is 0 Å². The van der Waals surface area contributed by atoms with Crippen LogP contribution in [0.4, 0.5) is 0 Å². The second kappa shape index (κ2) is 19.1.